The molecule has 11 heteroatoms. The van der Waals surface area contributed by atoms with Gasteiger partial charge in [0.05, 0.1) is 40.9 Å². The maximum Gasteiger partial charge on any atom is 0.217 e. The van der Waals surface area contributed by atoms with Crippen LogP contribution in [-0.2, 0) is 21.1 Å². The van der Waals surface area contributed by atoms with E-state index in [2.05, 4.69) is 265 Å². The fourth-order valence-corrected chi connectivity index (χ4v) is 18.0. The van der Waals surface area contributed by atoms with Crippen LogP contribution in [0.1, 0.15) is 55.6 Å². The van der Waals surface area contributed by atoms with E-state index in [9.17, 15) is 8.78 Å². The molecule has 0 bridgehead atoms. The molecule has 0 radical (unpaired) electrons. The quantitative estimate of drug-likeness (QED) is 0.123. The highest BCUT2D eigenvalue weighted by Gasteiger charge is 2.31. The Balaban J connectivity index is 0.000000130. The number of benzene rings is 9. The van der Waals surface area contributed by atoms with Gasteiger partial charge in [0.2, 0.25) is 33.6 Å². The highest BCUT2D eigenvalue weighted by atomic mass is 28.3. The van der Waals surface area contributed by atoms with Crippen molar-refractivity contribution in [2.24, 2.45) is 21.1 Å². The predicted molar refractivity (Wildman–Crippen MR) is 410 cm³/mol. The van der Waals surface area contributed by atoms with Crippen LogP contribution in [0.15, 0.2) is 159 Å². The van der Waals surface area contributed by atoms with Gasteiger partial charge in [-0.2, -0.15) is 13.7 Å². The summed E-state index contributed by atoms with van der Waals surface area (Å²) >= 11 is 0. The van der Waals surface area contributed by atoms with E-state index in [1.54, 1.807) is 6.92 Å². The molecule has 0 amide bonds. The Bertz CT molecular complexity index is 5790. The van der Waals surface area contributed by atoms with Gasteiger partial charge in [-0.1, -0.05) is 111 Å². The van der Waals surface area contributed by atoms with Crippen LogP contribution >= 0.6 is 0 Å². The van der Waals surface area contributed by atoms with Crippen molar-refractivity contribution in [3.63, 3.8) is 0 Å². The Morgan fingerprint density at radius 1 is 0.292 bits per heavy atom. The second-order valence-electron chi connectivity index (χ2n) is 30.5. The molecule has 0 unspecified atom stereocenters. The Morgan fingerprint density at radius 2 is 0.646 bits per heavy atom. The summed E-state index contributed by atoms with van der Waals surface area (Å²) in [4.78, 5) is 0. The Kier molecular flexibility index (Phi) is 16.3. The average Bonchev–Trinajstić information content (AvgIpc) is 1.44. The molecular weight excluding hydrogens is 1230 g/mol. The molecule has 486 valence electrons. The van der Waals surface area contributed by atoms with E-state index in [1.807, 2.05) is 18.2 Å². The standard InChI is InChI=1S/C29H31FNOSi.C28H29FNOSi.C28H30NOSi/c1-16-13-23-21-10-11-24(30)19(4)28(21)32-29(23)27(18(16)3)26-14-17(2)22-15-20(33(6,7)8)9-12-25(22)31(26)5;1-16-12-23-21-10-8-19(29)14-26(21)31-28(23)27(18(16)3)25-13-17(2)22-15-20(32(5,6)7)9-11-24(22)30(25)4;1-17-14-23-21-10-8-9-11-26(21)30-28(23)27(19(17)3)25-15-18(2)22-16-20(31(5,6)7)12-13-24(22)29(25)4/h9-15H,1-8H3;8-15H,1-7H3;8-16H,1-7H3/q3*+1. The molecule has 0 aliphatic heterocycles. The van der Waals surface area contributed by atoms with Crippen molar-refractivity contribution in [3.8, 4) is 33.8 Å². The molecule has 0 spiro atoms. The molecule has 15 aromatic rings. The summed E-state index contributed by atoms with van der Waals surface area (Å²) in [6.07, 6.45) is 0. The van der Waals surface area contributed by atoms with Crippen molar-refractivity contribution in [1.82, 2.24) is 0 Å². The van der Waals surface area contributed by atoms with Crippen LogP contribution in [0.2, 0.25) is 58.9 Å². The van der Waals surface area contributed by atoms with Crippen molar-refractivity contribution in [1.29, 1.82) is 0 Å². The molecule has 6 heterocycles. The highest BCUT2D eigenvalue weighted by molar-refractivity contribution is 6.89. The number of halogens is 2. The minimum Gasteiger partial charge on any atom is -0.455 e. The van der Waals surface area contributed by atoms with E-state index in [4.69, 9.17) is 13.3 Å². The molecule has 6 aromatic heterocycles. The Labute approximate surface area is 566 Å². The zero-order valence-electron chi connectivity index (χ0n) is 60.2. The lowest BCUT2D eigenvalue weighted by Gasteiger charge is -2.18. The third-order valence-corrected chi connectivity index (χ3v) is 27.1. The summed E-state index contributed by atoms with van der Waals surface area (Å²) in [6, 6.07) is 50.9. The maximum atomic E-state index is 14.3. The fourth-order valence-electron chi connectivity index (χ4n) is 14.5. The van der Waals surface area contributed by atoms with Crippen molar-refractivity contribution in [2.75, 3.05) is 0 Å². The normalized spacial score (nSPS) is 12.4. The summed E-state index contributed by atoms with van der Waals surface area (Å²) in [5.41, 5.74) is 27.0. The van der Waals surface area contributed by atoms with Gasteiger partial charge in [0.15, 0.2) is 0 Å². The van der Waals surface area contributed by atoms with E-state index >= 15 is 0 Å². The summed E-state index contributed by atoms with van der Waals surface area (Å²) in [7, 11) is 2.27. The van der Waals surface area contributed by atoms with Crippen LogP contribution in [-0.4, -0.2) is 24.2 Å². The average molecular weight is 1320 g/mol. The van der Waals surface area contributed by atoms with Gasteiger partial charge < -0.3 is 13.3 Å². The van der Waals surface area contributed by atoms with Crippen molar-refractivity contribution in [3.05, 3.63) is 213 Å². The first-order chi connectivity index (χ1) is 45.2. The van der Waals surface area contributed by atoms with Gasteiger partial charge in [-0.25, -0.2) is 8.78 Å². The monoisotopic (exact) mass is 1320 g/mol. The first kappa shape index (κ1) is 65.8. The highest BCUT2D eigenvalue weighted by Crippen LogP contribution is 2.44. The van der Waals surface area contributed by atoms with Gasteiger partial charge in [0, 0.05) is 96.5 Å². The molecule has 15 rings (SSSR count). The number of hydrogen-bond donors (Lipinski definition) is 0. The van der Waals surface area contributed by atoms with E-state index in [-0.39, 0.29) is 11.6 Å². The molecule has 0 saturated carbocycles. The molecule has 9 aromatic carbocycles. The number of nitrogens with zero attached hydrogens (tertiary/aromatic N) is 3. The lowest BCUT2D eigenvalue weighted by atomic mass is 9.94. The van der Waals surface area contributed by atoms with Crippen LogP contribution in [0.4, 0.5) is 8.78 Å². The van der Waals surface area contributed by atoms with E-state index in [0.29, 0.717) is 16.7 Å². The van der Waals surface area contributed by atoms with E-state index < -0.39 is 24.2 Å². The Hall–Kier alpha value is -8.88. The Morgan fingerprint density at radius 3 is 1.05 bits per heavy atom. The van der Waals surface area contributed by atoms with Gasteiger partial charge in [0.1, 0.15) is 66.3 Å². The summed E-state index contributed by atoms with van der Waals surface area (Å²) in [5, 5.41) is 14.7. The molecular formula is C85H90F2N3O3Si3+3. The third kappa shape index (κ3) is 11.1. The zero-order chi connectivity index (χ0) is 68.8. The van der Waals surface area contributed by atoms with Crippen molar-refractivity contribution in [2.45, 2.75) is 128 Å². The maximum absolute atomic E-state index is 14.3. The van der Waals surface area contributed by atoms with Crippen LogP contribution < -0.4 is 29.3 Å². The number of hydrogen-bond acceptors (Lipinski definition) is 3. The molecule has 0 fully saturated rings. The van der Waals surface area contributed by atoms with Crippen LogP contribution in [0, 0.1) is 80.9 Å². The largest absolute Gasteiger partial charge is 0.455 e. The molecule has 0 N–H and O–H groups in total. The number of fused-ring (bicyclic) bond motifs is 12. The van der Waals surface area contributed by atoms with Crippen molar-refractivity contribution < 1.29 is 35.7 Å². The van der Waals surface area contributed by atoms with Gasteiger partial charge in [-0.05, 0) is 186 Å². The van der Waals surface area contributed by atoms with E-state index in [0.717, 1.165) is 66.4 Å². The van der Waals surface area contributed by atoms with Gasteiger partial charge in [-0.3, -0.25) is 0 Å². The topological polar surface area (TPSA) is 51.1 Å². The van der Waals surface area contributed by atoms with Crippen LogP contribution in [0.25, 0.3) is 132 Å². The van der Waals surface area contributed by atoms with Gasteiger partial charge in [-0.15, -0.1) is 0 Å². The molecule has 96 heavy (non-hydrogen) atoms. The lowest BCUT2D eigenvalue weighted by molar-refractivity contribution is -0.633. The van der Waals surface area contributed by atoms with Crippen LogP contribution in [0.3, 0.4) is 0 Å². The first-order valence-electron chi connectivity index (χ1n) is 33.7. The minimum absolute atomic E-state index is 0.234. The summed E-state index contributed by atoms with van der Waals surface area (Å²) < 4.78 is 54.2. The molecule has 0 saturated heterocycles. The predicted octanol–water partition coefficient (Wildman–Crippen LogP) is 20.7. The number of rotatable bonds is 6. The number of furan rings is 3. The fraction of sp³-hybridized carbons (Fsp3) is 0.259. The van der Waals surface area contributed by atoms with E-state index in [1.165, 1.54) is 139 Å². The number of aromatic nitrogens is 3. The second-order valence-corrected chi connectivity index (χ2v) is 45.7. The number of pyridine rings is 3. The van der Waals surface area contributed by atoms with Gasteiger partial charge in [0.25, 0.3) is 0 Å². The second kappa shape index (κ2) is 23.7. The number of para-hydroxylation sites is 1. The smallest absolute Gasteiger partial charge is 0.217 e. The SMILES string of the molecule is Cc1cc2c(oc3c(C)c(F)ccc32)c(-c2cc(C)c3cc([Si](C)(C)C)ccc3[n+]2C)c1C.Cc1cc2c(oc3cc(F)ccc32)c(-c2cc(C)c3cc([Si](C)(C)C)ccc3[n+]2C)c1C.Cc1cc2c(oc3ccccc32)c(-c2cc(C)c3cc([Si](C)(C)C)ccc3[n+]2C)c1C. The molecule has 6 nitrogen and oxygen atoms in total. The van der Waals surface area contributed by atoms with Crippen molar-refractivity contribution >= 4 is 138 Å². The summed E-state index contributed by atoms with van der Waals surface area (Å²) in [5.74, 6) is -0.515. The number of aryl methyl sites for hydroxylation is 10. The van der Waals surface area contributed by atoms with Crippen LogP contribution in [0.5, 0.6) is 0 Å². The molecule has 0 aliphatic carbocycles. The third-order valence-electron chi connectivity index (χ3n) is 20.9. The lowest BCUT2D eigenvalue weighted by Crippen LogP contribution is -2.39. The van der Waals surface area contributed by atoms with Gasteiger partial charge >= 0.3 is 0 Å². The first-order valence-corrected chi connectivity index (χ1v) is 44.2. The molecule has 0 aliphatic rings. The molecule has 0 atom stereocenters. The zero-order valence-corrected chi connectivity index (χ0v) is 63.2. The minimum atomic E-state index is -1.41. The summed E-state index contributed by atoms with van der Waals surface area (Å²) in [6.45, 7) is 42.9.